The van der Waals surface area contributed by atoms with E-state index in [1.54, 1.807) is 0 Å². The lowest BCUT2D eigenvalue weighted by Crippen LogP contribution is -2.26. The van der Waals surface area contributed by atoms with Gasteiger partial charge in [-0.2, -0.15) is 0 Å². The molecule has 3 nitrogen and oxygen atoms in total. The van der Waals surface area contributed by atoms with Gasteiger partial charge in [-0.1, -0.05) is 31.9 Å². The van der Waals surface area contributed by atoms with E-state index < -0.39 is 10.8 Å². The van der Waals surface area contributed by atoms with Crippen LogP contribution in [0.5, 0.6) is 5.75 Å². The van der Waals surface area contributed by atoms with Crippen molar-refractivity contribution in [3.8, 4) is 5.75 Å². The first-order chi connectivity index (χ1) is 10.2. The van der Waals surface area contributed by atoms with Crippen molar-refractivity contribution in [3.05, 3.63) is 29.8 Å². The van der Waals surface area contributed by atoms with Gasteiger partial charge in [-0.25, -0.2) is 0 Å². The van der Waals surface area contributed by atoms with Crippen molar-refractivity contribution >= 4 is 10.8 Å². The first kappa shape index (κ1) is 16.5. The van der Waals surface area contributed by atoms with Crippen molar-refractivity contribution in [2.24, 2.45) is 11.7 Å². The van der Waals surface area contributed by atoms with E-state index in [0.717, 1.165) is 30.9 Å². The minimum Gasteiger partial charge on any atom is -0.493 e. The summed E-state index contributed by atoms with van der Waals surface area (Å²) < 4.78 is 18.0. The van der Waals surface area contributed by atoms with Gasteiger partial charge in [-0.05, 0) is 49.4 Å². The number of hydrogen-bond donors (Lipinski definition) is 1. The van der Waals surface area contributed by atoms with E-state index in [1.165, 1.54) is 18.4 Å². The van der Waals surface area contributed by atoms with Gasteiger partial charge in [0.05, 0.1) is 12.4 Å². The van der Waals surface area contributed by atoms with E-state index in [4.69, 9.17) is 10.5 Å². The summed E-state index contributed by atoms with van der Waals surface area (Å²) in [6.45, 7) is 3.47. The zero-order valence-electron chi connectivity index (χ0n) is 12.9. The van der Waals surface area contributed by atoms with E-state index in [2.05, 4.69) is 6.92 Å². The molecule has 2 N–H and O–H groups in total. The SMILES string of the molecule is CC1CCCC(S(=O)CCOc2ccc(CCN)cc2)C1. The van der Waals surface area contributed by atoms with Gasteiger partial charge in [-0.15, -0.1) is 0 Å². The smallest absolute Gasteiger partial charge is 0.119 e. The molecule has 0 radical (unpaired) electrons. The van der Waals surface area contributed by atoms with Gasteiger partial charge in [0.15, 0.2) is 0 Å². The number of benzene rings is 1. The normalized spacial score (nSPS) is 23.7. The molecule has 1 aromatic rings. The van der Waals surface area contributed by atoms with Crippen LogP contribution in [0.15, 0.2) is 24.3 Å². The first-order valence-corrected chi connectivity index (χ1v) is 9.36. The largest absolute Gasteiger partial charge is 0.493 e. The predicted octanol–water partition coefficient (Wildman–Crippen LogP) is 2.89. The van der Waals surface area contributed by atoms with E-state index in [9.17, 15) is 4.21 Å². The summed E-state index contributed by atoms with van der Waals surface area (Å²) in [5.41, 5.74) is 6.75. The van der Waals surface area contributed by atoms with Gasteiger partial charge >= 0.3 is 0 Å². The average Bonchev–Trinajstić information content (AvgIpc) is 2.49. The van der Waals surface area contributed by atoms with Crippen LogP contribution in [0, 0.1) is 5.92 Å². The van der Waals surface area contributed by atoms with Crippen LogP contribution in [0.3, 0.4) is 0 Å². The van der Waals surface area contributed by atoms with Gasteiger partial charge in [-0.3, -0.25) is 4.21 Å². The van der Waals surface area contributed by atoms with Crippen LogP contribution < -0.4 is 10.5 Å². The molecule has 3 atom stereocenters. The molecule has 2 rings (SSSR count). The summed E-state index contributed by atoms with van der Waals surface area (Å²) in [4.78, 5) is 0. The molecule has 0 aliphatic heterocycles. The number of hydrogen-bond acceptors (Lipinski definition) is 3. The van der Waals surface area contributed by atoms with Crippen molar-refractivity contribution in [1.29, 1.82) is 0 Å². The third kappa shape index (κ3) is 5.44. The second-order valence-corrected chi connectivity index (χ2v) is 7.85. The number of nitrogens with two attached hydrogens (primary N) is 1. The molecule has 0 saturated heterocycles. The lowest BCUT2D eigenvalue weighted by atomic mass is 9.91. The van der Waals surface area contributed by atoms with E-state index in [0.29, 0.717) is 24.2 Å². The Hall–Kier alpha value is -0.870. The highest BCUT2D eigenvalue weighted by atomic mass is 32.2. The molecule has 118 valence electrons. The van der Waals surface area contributed by atoms with Crippen molar-refractivity contribution in [1.82, 2.24) is 0 Å². The second-order valence-electron chi connectivity index (χ2n) is 6.01. The molecule has 0 heterocycles. The van der Waals surface area contributed by atoms with Crippen LogP contribution in [-0.4, -0.2) is 28.4 Å². The zero-order chi connectivity index (χ0) is 15.1. The molecule has 1 saturated carbocycles. The maximum atomic E-state index is 12.3. The Morgan fingerprint density at radius 1 is 1.29 bits per heavy atom. The Kier molecular flexibility index (Phi) is 6.71. The topological polar surface area (TPSA) is 52.3 Å². The standard InChI is InChI=1S/C17H27NO2S/c1-14-3-2-4-17(13-14)21(19)12-11-20-16-7-5-15(6-8-16)9-10-18/h5-8,14,17H,2-4,9-13,18H2,1H3. The molecule has 1 fully saturated rings. The highest BCUT2D eigenvalue weighted by molar-refractivity contribution is 7.85. The van der Waals surface area contributed by atoms with Crippen LogP contribution in [-0.2, 0) is 17.2 Å². The lowest BCUT2D eigenvalue weighted by Gasteiger charge is -2.25. The minimum atomic E-state index is -0.750. The van der Waals surface area contributed by atoms with Gasteiger partial charge in [0, 0.05) is 16.0 Å². The fraction of sp³-hybridized carbons (Fsp3) is 0.647. The van der Waals surface area contributed by atoms with Crippen LogP contribution >= 0.6 is 0 Å². The average molecular weight is 309 g/mol. The summed E-state index contributed by atoms with van der Waals surface area (Å²) >= 11 is 0. The highest BCUT2D eigenvalue weighted by Crippen LogP contribution is 2.27. The zero-order valence-corrected chi connectivity index (χ0v) is 13.7. The molecular formula is C17H27NO2S. The van der Waals surface area contributed by atoms with Gasteiger partial charge in [0.2, 0.25) is 0 Å². The lowest BCUT2D eigenvalue weighted by molar-refractivity contribution is 0.340. The molecular weight excluding hydrogens is 282 g/mol. The summed E-state index contributed by atoms with van der Waals surface area (Å²) in [5, 5.41) is 0.379. The monoisotopic (exact) mass is 309 g/mol. The van der Waals surface area contributed by atoms with E-state index in [1.807, 2.05) is 24.3 Å². The van der Waals surface area contributed by atoms with E-state index in [-0.39, 0.29) is 0 Å². The van der Waals surface area contributed by atoms with Gasteiger partial charge in [0.25, 0.3) is 0 Å². The molecule has 4 heteroatoms. The third-order valence-corrected chi connectivity index (χ3v) is 5.91. The summed E-state index contributed by atoms with van der Waals surface area (Å²) in [6.07, 6.45) is 5.63. The second kappa shape index (κ2) is 8.54. The molecule has 1 aromatic carbocycles. The summed E-state index contributed by atoms with van der Waals surface area (Å²) in [5.74, 6) is 2.22. The Bertz CT molecular complexity index is 447. The first-order valence-electron chi connectivity index (χ1n) is 7.98. The summed E-state index contributed by atoms with van der Waals surface area (Å²) in [6, 6.07) is 8.02. The van der Waals surface area contributed by atoms with Crippen LogP contribution in [0.4, 0.5) is 0 Å². The molecule has 1 aliphatic carbocycles. The highest BCUT2D eigenvalue weighted by Gasteiger charge is 2.23. The van der Waals surface area contributed by atoms with Gasteiger partial charge < -0.3 is 10.5 Å². The molecule has 1 aliphatic rings. The molecule has 3 unspecified atom stereocenters. The summed E-state index contributed by atoms with van der Waals surface area (Å²) in [7, 11) is -0.750. The maximum Gasteiger partial charge on any atom is 0.119 e. The van der Waals surface area contributed by atoms with Gasteiger partial charge in [0.1, 0.15) is 5.75 Å². The number of rotatable bonds is 7. The number of ether oxygens (including phenoxy) is 1. The van der Waals surface area contributed by atoms with Crippen molar-refractivity contribution in [2.45, 2.75) is 44.3 Å². The van der Waals surface area contributed by atoms with E-state index >= 15 is 0 Å². The Morgan fingerprint density at radius 2 is 2.05 bits per heavy atom. The Labute approximate surface area is 130 Å². The quantitative estimate of drug-likeness (QED) is 0.842. The molecule has 21 heavy (non-hydrogen) atoms. The minimum absolute atomic E-state index is 0.379. The molecule has 0 aromatic heterocycles. The Balaban J connectivity index is 1.72. The van der Waals surface area contributed by atoms with Crippen molar-refractivity contribution in [3.63, 3.8) is 0 Å². The Morgan fingerprint density at radius 3 is 2.71 bits per heavy atom. The fourth-order valence-corrected chi connectivity index (χ4v) is 4.50. The molecule has 0 spiro atoms. The van der Waals surface area contributed by atoms with Crippen LogP contribution in [0.1, 0.15) is 38.2 Å². The fourth-order valence-electron chi connectivity index (χ4n) is 2.94. The molecule has 0 bridgehead atoms. The van der Waals surface area contributed by atoms with Crippen molar-refractivity contribution in [2.75, 3.05) is 18.9 Å². The van der Waals surface area contributed by atoms with Crippen molar-refractivity contribution < 1.29 is 8.95 Å². The third-order valence-electron chi connectivity index (χ3n) is 4.17. The van der Waals surface area contributed by atoms with Crippen LogP contribution in [0.25, 0.3) is 0 Å². The maximum absolute atomic E-state index is 12.3. The van der Waals surface area contributed by atoms with Crippen LogP contribution in [0.2, 0.25) is 0 Å². The predicted molar refractivity (Wildman–Crippen MR) is 89.1 cm³/mol. The molecule has 0 amide bonds.